The Kier molecular flexibility index (Phi) is 13.9. The summed E-state index contributed by atoms with van der Waals surface area (Å²) < 4.78 is 10.3. The van der Waals surface area contributed by atoms with Gasteiger partial charge in [-0.25, -0.2) is 0 Å². The van der Waals surface area contributed by atoms with E-state index in [1.807, 2.05) is 0 Å². The first-order chi connectivity index (χ1) is 25.1. The first-order valence-electron chi connectivity index (χ1n) is 19.9. The normalized spacial score (nSPS) is 12.8. The molecule has 0 aliphatic rings. The molecule has 4 heteroatoms. The zero-order valence-electron chi connectivity index (χ0n) is 33.5. The molecule has 0 amide bonds. The van der Waals surface area contributed by atoms with Crippen LogP contribution in [0.15, 0.2) is 133 Å². The molecule has 1 atom stereocenters. The molecule has 5 aromatic carbocycles. The number of benzene rings is 5. The molecule has 0 aliphatic heterocycles. The van der Waals surface area contributed by atoms with E-state index in [1.165, 1.54) is 44.6 Å². The van der Waals surface area contributed by atoms with Crippen LogP contribution in [0.2, 0.25) is 21.9 Å². The quantitative estimate of drug-likeness (QED) is 0.0732. The Morgan fingerprint density at radius 1 is 0.500 bits per heavy atom. The minimum absolute atomic E-state index is 0.0595. The third kappa shape index (κ3) is 8.07. The molecule has 0 bridgehead atoms. The number of rotatable bonds is 16. The molecule has 5 rings (SSSR count). The minimum atomic E-state index is -2.69. The van der Waals surface area contributed by atoms with E-state index in [0.717, 1.165) is 11.9 Å². The second-order valence-electron chi connectivity index (χ2n) is 15.8. The molecule has 0 aromatic heterocycles. The Hall–Kier alpha value is -3.38. The Bertz CT molecular complexity index is 1600. The first kappa shape index (κ1) is 39.8. The Morgan fingerprint density at radius 3 is 1.08 bits per heavy atom. The Balaban J connectivity index is 2.09. The molecule has 0 saturated carbocycles. The molecule has 0 radical (unpaired) electrons. The summed E-state index contributed by atoms with van der Waals surface area (Å²) in [6, 6.07) is 50.3. The maximum absolute atomic E-state index is 7.18. The van der Waals surface area contributed by atoms with Gasteiger partial charge in [0, 0.05) is 0 Å². The van der Waals surface area contributed by atoms with E-state index in [1.54, 1.807) is 0 Å². The van der Waals surface area contributed by atoms with Gasteiger partial charge in [-0.2, -0.15) is 0 Å². The van der Waals surface area contributed by atoms with Gasteiger partial charge in [0.2, 0.25) is 0 Å². The molecule has 0 spiro atoms. The molecular formula is C48H63GeNOSi. The Labute approximate surface area is 322 Å². The summed E-state index contributed by atoms with van der Waals surface area (Å²) in [7, 11) is -2.33. The predicted molar refractivity (Wildman–Crippen MR) is 231 cm³/mol. The fourth-order valence-electron chi connectivity index (χ4n) is 9.43. The summed E-state index contributed by atoms with van der Waals surface area (Å²) in [5.74, 6) is 0.477. The molecule has 274 valence electrons. The second-order valence-corrected chi connectivity index (χ2v) is 28.0. The van der Waals surface area contributed by atoms with Crippen LogP contribution in [0.5, 0.6) is 0 Å². The van der Waals surface area contributed by atoms with Gasteiger partial charge >= 0.3 is 324 Å². The molecule has 0 saturated heterocycles. The number of nitrogens with zero attached hydrogens (tertiary/aromatic N) is 1. The van der Waals surface area contributed by atoms with Crippen LogP contribution < -0.4 is 3.52 Å². The summed E-state index contributed by atoms with van der Waals surface area (Å²) in [5, 5.41) is 1.09. The van der Waals surface area contributed by atoms with Crippen LogP contribution >= 0.6 is 0 Å². The molecule has 5 aromatic rings. The summed E-state index contributed by atoms with van der Waals surface area (Å²) in [6.45, 7) is 25.3. The van der Waals surface area contributed by atoms with Crippen LogP contribution in [-0.2, 0) is 3.76 Å². The van der Waals surface area contributed by atoms with Crippen molar-refractivity contribution in [3.63, 3.8) is 0 Å². The maximum atomic E-state index is 7.18. The standard InChI is InChI=1S/C48H63GeNOSi/c1-11-49(51-12-2)50(52(36(5)6,37(7)8)38(9)10)48-44(46(39-25-17-13-18-26-39)40-27-19-14-20-28-40)33-43(35(3)4)34-45(48)47(41-29-21-15-22-30-41)42-31-23-16-24-32-42/h13-38,46-47,49H,11-12H2,1-10H3/t49-/m1/s1. The van der Waals surface area contributed by atoms with E-state index < -0.39 is 23.1 Å². The van der Waals surface area contributed by atoms with Gasteiger partial charge in [0.25, 0.3) is 0 Å². The van der Waals surface area contributed by atoms with Crippen LogP contribution in [0.1, 0.15) is 126 Å². The summed E-state index contributed by atoms with van der Waals surface area (Å²) >= 11 is -2.69. The van der Waals surface area contributed by atoms with Crippen molar-refractivity contribution >= 4 is 28.8 Å². The van der Waals surface area contributed by atoms with Crippen LogP contribution in [0, 0.1) is 0 Å². The number of hydrogen-bond acceptors (Lipinski definition) is 2. The van der Waals surface area contributed by atoms with E-state index in [0.29, 0.717) is 22.5 Å². The van der Waals surface area contributed by atoms with Crippen LogP contribution in [0.3, 0.4) is 0 Å². The van der Waals surface area contributed by atoms with Crippen molar-refractivity contribution in [2.75, 3.05) is 10.1 Å². The van der Waals surface area contributed by atoms with Gasteiger partial charge in [-0.3, -0.25) is 0 Å². The topological polar surface area (TPSA) is 12.5 Å². The predicted octanol–water partition coefficient (Wildman–Crippen LogP) is 13.4. The average molecular weight is 771 g/mol. The van der Waals surface area contributed by atoms with E-state index in [9.17, 15) is 0 Å². The fourth-order valence-corrected chi connectivity index (χ4v) is 30.0. The zero-order valence-corrected chi connectivity index (χ0v) is 36.9. The fraction of sp³-hybridized carbons (Fsp3) is 0.375. The van der Waals surface area contributed by atoms with Crippen molar-refractivity contribution in [1.82, 2.24) is 0 Å². The van der Waals surface area contributed by atoms with Crippen molar-refractivity contribution in [3.05, 3.63) is 172 Å². The summed E-state index contributed by atoms with van der Waals surface area (Å²) in [4.78, 5) is 0. The Morgan fingerprint density at radius 2 is 0.827 bits per heavy atom. The molecule has 0 aliphatic carbocycles. The van der Waals surface area contributed by atoms with Crippen molar-refractivity contribution in [3.8, 4) is 0 Å². The van der Waals surface area contributed by atoms with E-state index >= 15 is 0 Å². The SMILES string of the molecule is CC[O][Ge@H]([CH2]C)[N](c1c(C(c2ccccc2)c2ccccc2)cc(C(C)C)cc1C(c1ccccc1)c1ccccc1)[Si](C(C)C)(C(C)C)C(C)C. The monoisotopic (exact) mass is 771 g/mol. The average Bonchev–Trinajstić information content (AvgIpc) is 3.14. The third-order valence-electron chi connectivity index (χ3n) is 11.4. The number of anilines is 1. The molecule has 52 heavy (non-hydrogen) atoms. The van der Waals surface area contributed by atoms with Crippen molar-refractivity contribution in [2.24, 2.45) is 0 Å². The van der Waals surface area contributed by atoms with Crippen LogP contribution in [0.25, 0.3) is 0 Å². The van der Waals surface area contributed by atoms with Gasteiger partial charge in [0.05, 0.1) is 0 Å². The number of hydrogen-bond donors (Lipinski definition) is 0. The molecular weight excluding hydrogens is 707 g/mol. The van der Waals surface area contributed by atoms with Crippen molar-refractivity contribution in [2.45, 2.75) is 109 Å². The van der Waals surface area contributed by atoms with Gasteiger partial charge in [-0.1, -0.05) is 0 Å². The molecule has 0 fully saturated rings. The van der Waals surface area contributed by atoms with Gasteiger partial charge in [0.15, 0.2) is 0 Å². The summed E-state index contributed by atoms with van der Waals surface area (Å²) in [6.07, 6.45) is 0. The van der Waals surface area contributed by atoms with Crippen LogP contribution in [0.4, 0.5) is 5.69 Å². The molecule has 0 heterocycles. The third-order valence-corrected chi connectivity index (χ3v) is 27.1. The molecule has 0 N–H and O–H groups in total. The van der Waals surface area contributed by atoms with E-state index in [-0.39, 0.29) is 11.8 Å². The first-order valence-corrected chi connectivity index (χ1v) is 25.8. The van der Waals surface area contributed by atoms with E-state index in [2.05, 4.69) is 206 Å². The second kappa shape index (κ2) is 18.1. The molecule has 2 nitrogen and oxygen atoms in total. The van der Waals surface area contributed by atoms with Crippen LogP contribution in [-0.4, -0.2) is 29.8 Å². The van der Waals surface area contributed by atoms with Gasteiger partial charge in [0.1, 0.15) is 0 Å². The van der Waals surface area contributed by atoms with Gasteiger partial charge in [-0.15, -0.1) is 0 Å². The van der Waals surface area contributed by atoms with Crippen molar-refractivity contribution in [1.29, 1.82) is 0 Å². The molecule has 0 unspecified atom stereocenters. The van der Waals surface area contributed by atoms with Crippen molar-refractivity contribution < 1.29 is 3.76 Å². The van der Waals surface area contributed by atoms with Gasteiger partial charge in [-0.05, 0) is 0 Å². The van der Waals surface area contributed by atoms with Gasteiger partial charge < -0.3 is 0 Å². The summed E-state index contributed by atoms with van der Waals surface area (Å²) in [5.41, 5.74) is 12.6. The zero-order chi connectivity index (χ0) is 37.4. The van der Waals surface area contributed by atoms with E-state index in [4.69, 9.17) is 3.76 Å².